The molecule has 1 aromatic carbocycles. The van der Waals surface area contributed by atoms with Crippen LogP contribution in [0.3, 0.4) is 0 Å². The Morgan fingerprint density at radius 3 is 2.69 bits per heavy atom. The van der Waals surface area contributed by atoms with E-state index < -0.39 is 5.82 Å². The van der Waals surface area contributed by atoms with Gasteiger partial charge in [-0.2, -0.15) is 0 Å². The standard InChI is InChI=1S/C24H29FN4O3/c1-17-18(24(31)28-12-4-5-13-28)16-26-23(27-17)20-9-6-14-29(20)22(30)11-7-15-32-21-10-3-2-8-19(21)25/h2-3,8,10,16,20H,4-7,9,11-15H2,1H3/t20-/m1/s1. The van der Waals surface area contributed by atoms with Gasteiger partial charge in [-0.3, -0.25) is 9.59 Å². The van der Waals surface area contributed by atoms with Crippen molar-refractivity contribution in [2.75, 3.05) is 26.2 Å². The van der Waals surface area contributed by atoms with Crippen LogP contribution in [-0.4, -0.2) is 57.8 Å². The summed E-state index contributed by atoms with van der Waals surface area (Å²) in [6, 6.07) is 6.07. The Bertz CT molecular complexity index is 977. The molecule has 32 heavy (non-hydrogen) atoms. The molecule has 2 aliphatic rings. The van der Waals surface area contributed by atoms with Gasteiger partial charge in [0.1, 0.15) is 0 Å². The monoisotopic (exact) mass is 440 g/mol. The van der Waals surface area contributed by atoms with Crippen LogP contribution in [0.4, 0.5) is 4.39 Å². The fourth-order valence-corrected chi connectivity index (χ4v) is 4.39. The van der Waals surface area contributed by atoms with Crippen LogP contribution in [0, 0.1) is 12.7 Å². The number of carbonyl (C=O) groups is 2. The van der Waals surface area contributed by atoms with Crippen molar-refractivity contribution < 1.29 is 18.7 Å². The fourth-order valence-electron chi connectivity index (χ4n) is 4.39. The maximum Gasteiger partial charge on any atom is 0.257 e. The van der Waals surface area contributed by atoms with Crippen LogP contribution in [0.2, 0.25) is 0 Å². The van der Waals surface area contributed by atoms with E-state index in [-0.39, 0.29) is 30.2 Å². The molecular formula is C24H29FN4O3. The number of benzene rings is 1. The first-order chi connectivity index (χ1) is 15.5. The first kappa shape index (κ1) is 22.2. The molecule has 2 aromatic rings. The van der Waals surface area contributed by atoms with Crippen molar-refractivity contribution in [1.82, 2.24) is 19.8 Å². The Kier molecular flexibility index (Phi) is 6.97. The molecule has 3 heterocycles. The van der Waals surface area contributed by atoms with Crippen molar-refractivity contribution in [2.45, 2.75) is 51.5 Å². The molecule has 2 saturated heterocycles. The molecule has 0 unspecified atom stereocenters. The zero-order chi connectivity index (χ0) is 22.5. The number of nitrogens with zero attached hydrogens (tertiary/aromatic N) is 4. The highest BCUT2D eigenvalue weighted by molar-refractivity contribution is 5.95. The van der Waals surface area contributed by atoms with Crippen LogP contribution in [0.1, 0.15) is 66.4 Å². The maximum absolute atomic E-state index is 13.6. The third kappa shape index (κ3) is 4.89. The summed E-state index contributed by atoms with van der Waals surface area (Å²) < 4.78 is 19.1. The number of ether oxygens (including phenoxy) is 1. The zero-order valence-corrected chi connectivity index (χ0v) is 18.4. The summed E-state index contributed by atoms with van der Waals surface area (Å²) in [6.07, 6.45) is 6.19. The van der Waals surface area contributed by atoms with Gasteiger partial charge in [0.2, 0.25) is 5.91 Å². The van der Waals surface area contributed by atoms with E-state index in [0.717, 1.165) is 38.8 Å². The highest BCUT2D eigenvalue weighted by Gasteiger charge is 2.32. The third-order valence-electron chi connectivity index (χ3n) is 6.12. The maximum atomic E-state index is 13.6. The summed E-state index contributed by atoms with van der Waals surface area (Å²) in [5, 5.41) is 0. The van der Waals surface area contributed by atoms with Crippen molar-refractivity contribution >= 4 is 11.8 Å². The molecule has 8 heteroatoms. The van der Waals surface area contributed by atoms with E-state index in [4.69, 9.17) is 4.74 Å². The molecule has 0 spiro atoms. The number of likely N-dealkylation sites (tertiary alicyclic amines) is 2. The minimum absolute atomic E-state index is 0.0132. The molecule has 4 rings (SSSR count). The fraction of sp³-hybridized carbons (Fsp3) is 0.500. The summed E-state index contributed by atoms with van der Waals surface area (Å²) in [5.74, 6) is 0.391. The van der Waals surface area contributed by atoms with Crippen LogP contribution in [0.25, 0.3) is 0 Å². The number of para-hydroxylation sites is 1. The van der Waals surface area contributed by atoms with Crippen LogP contribution in [0.15, 0.2) is 30.5 Å². The van der Waals surface area contributed by atoms with E-state index in [0.29, 0.717) is 36.5 Å². The summed E-state index contributed by atoms with van der Waals surface area (Å²) in [7, 11) is 0. The van der Waals surface area contributed by atoms with Gasteiger partial charge in [0.25, 0.3) is 5.91 Å². The van der Waals surface area contributed by atoms with E-state index in [1.54, 1.807) is 24.4 Å². The van der Waals surface area contributed by atoms with Gasteiger partial charge in [-0.15, -0.1) is 0 Å². The Hall–Kier alpha value is -3.03. The predicted octanol–water partition coefficient (Wildman–Crippen LogP) is 3.68. The lowest BCUT2D eigenvalue weighted by Gasteiger charge is -2.24. The molecule has 2 aliphatic heterocycles. The van der Waals surface area contributed by atoms with Gasteiger partial charge in [0.05, 0.1) is 23.9 Å². The number of rotatable bonds is 7. The number of hydrogen-bond donors (Lipinski definition) is 0. The minimum atomic E-state index is -0.405. The van der Waals surface area contributed by atoms with Gasteiger partial charge < -0.3 is 14.5 Å². The Balaban J connectivity index is 1.34. The van der Waals surface area contributed by atoms with E-state index >= 15 is 0 Å². The SMILES string of the molecule is Cc1nc([C@H]2CCCN2C(=O)CCCOc2ccccc2F)ncc1C(=O)N1CCCC1. The molecular weight excluding hydrogens is 411 g/mol. The third-order valence-corrected chi connectivity index (χ3v) is 6.12. The highest BCUT2D eigenvalue weighted by atomic mass is 19.1. The molecule has 170 valence electrons. The molecule has 0 saturated carbocycles. The van der Waals surface area contributed by atoms with E-state index in [1.165, 1.54) is 6.07 Å². The second kappa shape index (κ2) is 10.1. The lowest BCUT2D eigenvalue weighted by molar-refractivity contribution is -0.132. The average molecular weight is 441 g/mol. The quantitative estimate of drug-likeness (QED) is 0.614. The second-order valence-electron chi connectivity index (χ2n) is 8.35. The Labute approximate surface area is 187 Å². The van der Waals surface area contributed by atoms with Gasteiger partial charge >= 0.3 is 0 Å². The summed E-state index contributed by atoms with van der Waals surface area (Å²) in [4.78, 5) is 38.3. The van der Waals surface area contributed by atoms with Crippen molar-refractivity contribution in [3.05, 3.63) is 53.4 Å². The summed E-state index contributed by atoms with van der Waals surface area (Å²) in [5.41, 5.74) is 1.20. The largest absolute Gasteiger partial charge is 0.491 e. The van der Waals surface area contributed by atoms with Crippen molar-refractivity contribution in [3.63, 3.8) is 0 Å². The van der Waals surface area contributed by atoms with Gasteiger partial charge in [-0.25, -0.2) is 14.4 Å². The number of aryl methyl sites for hydroxylation is 1. The zero-order valence-electron chi connectivity index (χ0n) is 18.4. The molecule has 1 atom stereocenters. The molecule has 0 N–H and O–H groups in total. The van der Waals surface area contributed by atoms with Crippen molar-refractivity contribution in [1.29, 1.82) is 0 Å². The predicted molar refractivity (Wildman–Crippen MR) is 117 cm³/mol. The van der Waals surface area contributed by atoms with Gasteiger partial charge in [-0.05, 0) is 51.2 Å². The van der Waals surface area contributed by atoms with Crippen molar-refractivity contribution in [3.8, 4) is 5.75 Å². The van der Waals surface area contributed by atoms with Crippen LogP contribution >= 0.6 is 0 Å². The molecule has 0 bridgehead atoms. The lowest BCUT2D eigenvalue weighted by Crippen LogP contribution is -2.32. The van der Waals surface area contributed by atoms with Crippen LogP contribution in [-0.2, 0) is 4.79 Å². The first-order valence-electron chi connectivity index (χ1n) is 11.3. The molecule has 7 nitrogen and oxygen atoms in total. The lowest BCUT2D eigenvalue weighted by atomic mass is 10.1. The number of amides is 2. The highest BCUT2D eigenvalue weighted by Crippen LogP contribution is 2.31. The van der Waals surface area contributed by atoms with E-state index in [2.05, 4.69) is 9.97 Å². The number of halogens is 1. The minimum Gasteiger partial charge on any atom is -0.491 e. The summed E-state index contributed by atoms with van der Waals surface area (Å²) >= 11 is 0. The smallest absolute Gasteiger partial charge is 0.257 e. The number of hydrogen-bond acceptors (Lipinski definition) is 5. The number of carbonyl (C=O) groups excluding carboxylic acids is 2. The topological polar surface area (TPSA) is 75.6 Å². The Morgan fingerprint density at radius 1 is 1.16 bits per heavy atom. The van der Waals surface area contributed by atoms with E-state index in [9.17, 15) is 14.0 Å². The number of aromatic nitrogens is 2. The first-order valence-corrected chi connectivity index (χ1v) is 11.3. The molecule has 0 aliphatic carbocycles. The molecule has 1 aromatic heterocycles. The second-order valence-corrected chi connectivity index (χ2v) is 8.35. The normalized spacial score (nSPS) is 18.2. The van der Waals surface area contributed by atoms with Crippen molar-refractivity contribution in [2.24, 2.45) is 0 Å². The molecule has 2 amide bonds. The molecule has 0 radical (unpaired) electrons. The van der Waals surface area contributed by atoms with Gasteiger partial charge in [0.15, 0.2) is 17.4 Å². The van der Waals surface area contributed by atoms with Gasteiger partial charge in [0, 0.05) is 32.3 Å². The van der Waals surface area contributed by atoms with E-state index in [1.807, 2.05) is 16.7 Å². The van der Waals surface area contributed by atoms with Crippen LogP contribution < -0.4 is 4.74 Å². The Morgan fingerprint density at radius 2 is 1.94 bits per heavy atom. The summed E-state index contributed by atoms with van der Waals surface area (Å²) in [6.45, 7) is 4.33. The van der Waals surface area contributed by atoms with Gasteiger partial charge in [-0.1, -0.05) is 12.1 Å². The van der Waals surface area contributed by atoms with Crippen LogP contribution in [0.5, 0.6) is 5.75 Å². The average Bonchev–Trinajstić information content (AvgIpc) is 3.49. The molecule has 2 fully saturated rings.